The third-order valence-corrected chi connectivity index (χ3v) is 6.44. The molecule has 0 spiro atoms. The Hall–Kier alpha value is -4.31. The highest BCUT2D eigenvalue weighted by molar-refractivity contribution is 7.93. The van der Waals surface area contributed by atoms with Crippen LogP contribution >= 0.6 is 0 Å². The summed E-state index contributed by atoms with van der Waals surface area (Å²) in [6, 6.07) is 14.1. The molecule has 1 amide bonds. The van der Waals surface area contributed by atoms with Gasteiger partial charge in [-0.2, -0.15) is 0 Å². The average Bonchev–Trinajstić information content (AvgIpc) is 2.90. The second-order valence-corrected chi connectivity index (χ2v) is 9.58. The molecule has 0 fully saturated rings. The first-order valence-electron chi connectivity index (χ1n) is 11.1. The largest absolute Gasteiger partial charge is 0.496 e. The van der Waals surface area contributed by atoms with E-state index in [4.69, 9.17) is 18.9 Å². The van der Waals surface area contributed by atoms with Crippen molar-refractivity contribution in [2.45, 2.75) is 5.75 Å². The Morgan fingerprint density at radius 3 is 2.19 bits per heavy atom. The minimum Gasteiger partial charge on any atom is -0.496 e. The van der Waals surface area contributed by atoms with Crippen molar-refractivity contribution in [3.63, 3.8) is 0 Å². The monoisotopic (exact) mass is 524 g/mol. The number of aromatic nitrogens is 1. The van der Waals surface area contributed by atoms with Gasteiger partial charge in [0.25, 0.3) is 0 Å². The molecule has 2 aromatic carbocycles. The Balaban J connectivity index is 1.80. The number of amides is 1. The maximum absolute atomic E-state index is 12.9. The molecular formula is C27H28N2O7S. The van der Waals surface area contributed by atoms with Crippen LogP contribution in [0.3, 0.4) is 0 Å². The number of benzene rings is 2. The maximum Gasteiger partial charge on any atom is 0.248 e. The van der Waals surface area contributed by atoms with Gasteiger partial charge in [0.1, 0.15) is 22.9 Å². The van der Waals surface area contributed by atoms with Crippen LogP contribution < -0.4 is 24.3 Å². The number of sulfone groups is 1. The number of carbonyl (C=O) groups excluding carboxylic acids is 1. The van der Waals surface area contributed by atoms with Gasteiger partial charge in [-0.05, 0) is 29.3 Å². The number of hydrogen-bond acceptors (Lipinski definition) is 8. The number of nitrogens with one attached hydrogen (secondary N) is 1. The van der Waals surface area contributed by atoms with Crippen LogP contribution in [-0.2, 0) is 20.4 Å². The topological polar surface area (TPSA) is 113 Å². The van der Waals surface area contributed by atoms with Crippen molar-refractivity contribution < 1.29 is 32.2 Å². The summed E-state index contributed by atoms with van der Waals surface area (Å²) in [5.74, 6) is 0.675. The van der Waals surface area contributed by atoms with Crippen molar-refractivity contribution in [2.75, 3.05) is 33.8 Å². The first-order valence-corrected chi connectivity index (χ1v) is 12.8. The summed E-state index contributed by atoms with van der Waals surface area (Å²) in [6.07, 6.45) is 5.82. The van der Waals surface area contributed by atoms with E-state index in [-0.39, 0.29) is 17.3 Å². The van der Waals surface area contributed by atoms with Crippen LogP contribution in [-0.4, -0.2) is 47.7 Å². The van der Waals surface area contributed by atoms with Crippen molar-refractivity contribution in [1.82, 2.24) is 4.98 Å². The summed E-state index contributed by atoms with van der Waals surface area (Å²) in [5.41, 5.74) is 1.92. The molecule has 0 radical (unpaired) electrons. The molecule has 1 aromatic heterocycles. The average molecular weight is 525 g/mol. The molecule has 1 N–H and O–H groups in total. The normalized spacial score (nSPS) is 11.5. The molecule has 3 aromatic rings. The lowest BCUT2D eigenvalue weighted by molar-refractivity contribution is -0.111. The molecule has 9 nitrogen and oxygen atoms in total. The molecule has 1 heterocycles. The molecule has 0 saturated carbocycles. The second-order valence-electron chi connectivity index (χ2n) is 7.69. The molecule has 0 bridgehead atoms. The van der Waals surface area contributed by atoms with Crippen LogP contribution in [0.25, 0.3) is 12.2 Å². The highest BCUT2D eigenvalue weighted by Gasteiger charge is 2.16. The van der Waals surface area contributed by atoms with E-state index in [9.17, 15) is 13.2 Å². The Morgan fingerprint density at radius 1 is 0.919 bits per heavy atom. The number of hydrogen-bond donors (Lipinski definition) is 1. The summed E-state index contributed by atoms with van der Waals surface area (Å²) in [4.78, 5) is 16.6. The first kappa shape index (κ1) is 27.3. The quantitative estimate of drug-likeness (QED) is 0.368. The van der Waals surface area contributed by atoms with Crippen LogP contribution in [0.1, 0.15) is 16.7 Å². The Labute approximate surface area is 216 Å². The molecular weight excluding hydrogens is 496 g/mol. The van der Waals surface area contributed by atoms with Crippen molar-refractivity contribution in [1.29, 1.82) is 0 Å². The standard InChI is InChI=1S/C27H28N2O7S/c1-33-21-15-24(34-2)22(25(16-21)35-3)12-13-37(31,32)18-20-14-23(27(36-4)28-17-20)29-26(30)11-10-19-8-6-5-7-9-19/h5-17H,18H2,1-4H3,(H,29,30)/b11-10-,13-12+. The lowest BCUT2D eigenvalue weighted by Gasteiger charge is -2.12. The summed E-state index contributed by atoms with van der Waals surface area (Å²) in [6.45, 7) is 0. The molecule has 0 atom stereocenters. The summed E-state index contributed by atoms with van der Waals surface area (Å²) in [7, 11) is 2.11. The molecule has 0 unspecified atom stereocenters. The summed E-state index contributed by atoms with van der Waals surface area (Å²) >= 11 is 0. The van der Waals surface area contributed by atoms with Gasteiger partial charge in [-0.3, -0.25) is 4.79 Å². The highest BCUT2D eigenvalue weighted by Crippen LogP contribution is 2.35. The van der Waals surface area contributed by atoms with Crippen molar-refractivity contribution in [3.8, 4) is 23.1 Å². The third-order valence-electron chi connectivity index (χ3n) is 5.15. The Bertz CT molecular complexity index is 1380. The minimum atomic E-state index is -3.74. The van der Waals surface area contributed by atoms with Gasteiger partial charge in [-0.15, -0.1) is 0 Å². The minimum absolute atomic E-state index is 0.158. The van der Waals surface area contributed by atoms with Crippen molar-refractivity contribution in [2.24, 2.45) is 0 Å². The molecule has 0 aliphatic rings. The molecule has 0 saturated heterocycles. The van der Waals surface area contributed by atoms with Crippen molar-refractivity contribution in [3.05, 3.63) is 82.9 Å². The molecule has 3 rings (SSSR count). The number of anilines is 1. The van der Waals surface area contributed by atoms with Crippen LogP contribution in [0, 0.1) is 0 Å². The van der Waals surface area contributed by atoms with Gasteiger partial charge in [0, 0.05) is 29.8 Å². The van der Waals surface area contributed by atoms with Gasteiger partial charge in [-0.1, -0.05) is 30.3 Å². The van der Waals surface area contributed by atoms with E-state index >= 15 is 0 Å². The molecule has 10 heteroatoms. The lowest BCUT2D eigenvalue weighted by Crippen LogP contribution is -2.11. The summed E-state index contributed by atoms with van der Waals surface area (Å²) < 4.78 is 47.0. The fraction of sp³-hybridized carbons (Fsp3) is 0.185. The van der Waals surface area contributed by atoms with Gasteiger partial charge >= 0.3 is 0 Å². The smallest absolute Gasteiger partial charge is 0.248 e. The number of ether oxygens (including phenoxy) is 4. The van der Waals surface area contributed by atoms with Gasteiger partial charge in [0.05, 0.1) is 39.8 Å². The molecule has 37 heavy (non-hydrogen) atoms. The predicted molar refractivity (Wildman–Crippen MR) is 143 cm³/mol. The van der Waals surface area contributed by atoms with Crippen LogP contribution in [0.5, 0.6) is 23.1 Å². The van der Waals surface area contributed by atoms with Crippen LogP contribution in [0.2, 0.25) is 0 Å². The number of nitrogens with zero attached hydrogens (tertiary/aromatic N) is 1. The number of methoxy groups -OCH3 is 4. The zero-order valence-corrected chi connectivity index (χ0v) is 21.7. The van der Waals surface area contributed by atoms with Crippen LogP contribution in [0.4, 0.5) is 5.69 Å². The van der Waals surface area contributed by atoms with E-state index in [1.54, 1.807) is 18.2 Å². The first-order chi connectivity index (χ1) is 17.8. The van der Waals surface area contributed by atoms with E-state index in [0.29, 0.717) is 28.4 Å². The molecule has 0 aliphatic carbocycles. The Kier molecular flexibility index (Phi) is 9.28. The molecule has 194 valence electrons. The van der Waals surface area contributed by atoms with E-state index in [1.807, 2.05) is 30.3 Å². The maximum atomic E-state index is 12.9. The SMILES string of the molecule is COc1cc(OC)c(/C=C/S(=O)(=O)Cc2cnc(OC)c(NC(=O)/C=C\c3ccccc3)c2)c(OC)c1. The van der Waals surface area contributed by atoms with E-state index in [0.717, 1.165) is 11.0 Å². The number of pyridine rings is 1. The zero-order chi connectivity index (χ0) is 26.8. The van der Waals surface area contributed by atoms with Gasteiger partial charge in [0.15, 0.2) is 9.84 Å². The zero-order valence-electron chi connectivity index (χ0n) is 20.9. The van der Waals surface area contributed by atoms with Crippen LogP contribution in [0.15, 0.2) is 66.2 Å². The van der Waals surface area contributed by atoms with Crippen molar-refractivity contribution >= 4 is 33.6 Å². The van der Waals surface area contributed by atoms with Gasteiger partial charge in [-0.25, -0.2) is 13.4 Å². The van der Waals surface area contributed by atoms with E-state index in [2.05, 4.69) is 10.3 Å². The van der Waals surface area contributed by atoms with Gasteiger partial charge in [0.2, 0.25) is 11.8 Å². The fourth-order valence-corrected chi connectivity index (χ4v) is 4.45. The summed E-state index contributed by atoms with van der Waals surface area (Å²) in [5, 5.41) is 3.76. The predicted octanol–water partition coefficient (Wildman–Crippen LogP) is 4.35. The number of rotatable bonds is 11. The highest BCUT2D eigenvalue weighted by atomic mass is 32.2. The van der Waals surface area contributed by atoms with E-state index in [1.165, 1.54) is 52.9 Å². The lowest BCUT2D eigenvalue weighted by atomic mass is 10.1. The molecule has 0 aliphatic heterocycles. The second kappa shape index (κ2) is 12.6. The Morgan fingerprint density at radius 2 is 1.59 bits per heavy atom. The fourth-order valence-electron chi connectivity index (χ4n) is 3.39. The van der Waals surface area contributed by atoms with E-state index < -0.39 is 15.7 Å². The van der Waals surface area contributed by atoms with Gasteiger partial charge < -0.3 is 24.3 Å². The number of carbonyl (C=O) groups is 1. The third kappa shape index (κ3) is 7.58.